The third-order valence-corrected chi connectivity index (χ3v) is 7.29. The van der Waals surface area contributed by atoms with E-state index in [9.17, 15) is 17.6 Å². The first-order valence-electron chi connectivity index (χ1n) is 11.3. The monoisotopic (exact) mass is 492 g/mol. The molecule has 5 rings (SSSR count). The number of anilines is 1. The van der Waals surface area contributed by atoms with Crippen LogP contribution in [0.5, 0.6) is 0 Å². The number of pyridine rings is 1. The fourth-order valence-corrected chi connectivity index (χ4v) is 5.33. The summed E-state index contributed by atoms with van der Waals surface area (Å²) in [5.74, 6) is -0.691. The lowest BCUT2D eigenvalue weighted by molar-refractivity contribution is -0.125. The number of rotatable bonds is 6. The minimum absolute atomic E-state index is 0.0856. The Morgan fingerprint density at radius 2 is 1.74 bits per heavy atom. The van der Waals surface area contributed by atoms with Crippen molar-refractivity contribution < 1.29 is 17.6 Å². The topological polar surface area (TPSA) is 83.8 Å². The molecule has 2 atom stereocenters. The Labute approximate surface area is 204 Å². The van der Waals surface area contributed by atoms with Gasteiger partial charge in [-0.2, -0.15) is 0 Å². The quantitative estimate of drug-likeness (QED) is 0.399. The number of nitrogens with zero attached hydrogens (tertiary/aromatic N) is 3. The summed E-state index contributed by atoms with van der Waals surface area (Å²) >= 11 is 0. The van der Waals surface area contributed by atoms with Gasteiger partial charge in [-0.15, -0.1) is 0 Å². The normalized spacial score (nSPS) is 19.7. The Bertz CT molecular complexity index is 1460. The number of hydrogen-bond acceptors (Lipinski definition) is 4. The molecule has 1 saturated heterocycles. The maximum absolute atomic E-state index is 13.7. The van der Waals surface area contributed by atoms with Gasteiger partial charge in [-0.3, -0.25) is 4.79 Å². The highest BCUT2D eigenvalue weighted by molar-refractivity contribution is 7.70. The van der Waals surface area contributed by atoms with Gasteiger partial charge in [0, 0.05) is 24.2 Å². The smallest absolute Gasteiger partial charge is 0.233 e. The summed E-state index contributed by atoms with van der Waals surface area (Å²) in [7, 11) is -2.79. The number of amides is 1. The van der Waals surface area contributed by atoms with Crippen molar-refractivity contribution in [1.29, 1.82) is 0 Å². The summed E-state index contributed by atoms with van der Waals surface area (Å²) in [4.78, 5) is 20.0. The zero-order valence-corrected chi connectivity index (χ0v) is 20.2. The number of aromatic nitrogens is 2. The van der Waals surface area contributed by atoms with Gasteiger partial charge in [0.1, 0.15) is 12.1 Å². The number of thiol groups is 1. The van der Waals surface area contributed by atoms with Crippen molar-refractivity contribution in [2.24, 2.45) is 11.3 Å². The number of benzene rings is 2. The lowest BCUT2D eigenvalue weighted by atomic mass is 9.76. The van der Waals surface area contributed by atoms with Gasteiger partial charge < -0.3 is 9.30 Å². The van der Waals surface area contributed by atoms with Gasteiger partial charge in [0.25, 0.3) is 0 Å². The lowest BCUT2D eigenvalue weighted by Crippen LogP contribution is -2.34. The first-order valence-corrected chi connectivity index (χ1v) is 12.4. The van der Waals surface area contributed by atoms with E-state index in [1.807, 2.05) is 66.9 Å². The number of imidazole rings is 1. The summed E-state index contributed by atoms with van der Waals surface area (Å²) in [5, 5.41) is 0. The van der Waals surface area contributed by atoms with Crippen LogP contribution in [0.15, 0.2) is 79.3 Å². The van der Waals surface area contributed by atoms with Crippen molar-refractivity contribution in [2.45, 2.75) is 19.9 Å². The molecule has 0 aliphatic carbocycles. The van der Waals surface area contributed by atoms with E-state index < -0.39 is 16.3 Å². The molecule has 7 nitrogen and oxygen atoms in total. The molecule has 2 aromatic heterocycles. The largest absolute Gasteiger partial charge is 0.304 e. The Hall–Kier alpha value is -3.56. The van der Waals surface area contributed by atoms with E-state index in [1.54, 1.807) is 23.4 Å². The third-order valence-electron chi connectivity index (χ3n) is 6.85. The molecule has 2 aromatic carbocycles. The molecule has 9 heteroatoms. The molecular formula is C26H25FN4O3S. The molecule has 1 fully saturated rings. The van der Waals surface area contributed by atoms with Crippen LogP contribution in [0, 0.1) is 17.2 Å². The molecule has 3 heterocycles. The SMILES string of the molecule is CC1(C)C(=O)N(c2ccc3c(-c4ccc(F)cc4)ncn3c2)[C@@H](c2ccccc2)[C@@H]1CN[SH](=O)=O. The predicted octanol–water partition coefficient (Wildman–Crippen LogP) is 3.99. The van der Waals surface area contributed by atoms with Crippen LogP contribution in [0.2, 0.25) is 0 Å². The van der Waals surface area contributed by atoms with E-state index >= 15 is 0 Å². The van der Waals surface area contributed by atoms with Gasteiger partial charge in [-0.25, -0.2) is 22.5 Å². The molecule has 35 heavy (non-hydrogen) atoms. The molecule has 1 N–H and O–H groups in total. The van der Waals surface area contributed by atoms with E-state index in [-0.39, 0.29) is 30.2 Å². The van der Waals surface area contributed by atoms with Gasteiger partial charge >= 0.3 is 0 Å². The van der Waals surface area contributed by atoms with Gasteiger partial charge in [0.05, 0.1) is 28.4 Å². The van der Waals surface area contributed by atoms with Crippen molar-refractivity contribution in [3.63, 3.8) is 0 Å². The average Bonchev–Trinajstić information content (AvgIpc) is 3.35. The second kappa shape index (κ2) is 8.90. The molecule has 0 radical (unpaired) electrons. The molecule has 0 bridgehead atoms. The Morgan fingerprint density at radius 1 is 1.03 bits per heavy atom. The van der Waals surface area contributed by atoms with Crippen molar-refractivity contribution in [2.75, 3.05) is 11.4 Å². The van der Waals surface area contributed by atoms with Crippen LogP contribution < -0.4 is 9.62 Å². The number of carbonyl (C=O) groups is 1. The van der Waals surface area contributed by atoms with Gasteiger partial charge in [-0.05, 0) is 42.0 Å². The van der Waals surface area contributed by atoms with Gasteiger partial charge in [0.15, 0.2) is 0 Å². The highest BCUT2D eigenvalue weighted by Crippen LogP contribution is 2.50. The molecule has 0 spiro atoms. The summed E-state index contributed by atoms with van der Waals surface area (Å²) in [6.07, 6.45) is 3.52. The summed E-state index contributed by atoms with van der Waals surface area (Å²) in [6.45, 7) is 3.87. The highest BCUT2D eigenvalue weighted by atomic mass is 32.2. The first-order chi connectivity index (χ1) is 16.8. The molecular weight excluding hydrogens is 467 g/mol. The molecule has 1 aliphatic rings. The van der Waals surface area contributed by atoms with E-state index in [0.717, 1.165) is 16.6 Å². The summed E-state index contributed by atoms with van der Waals surface area (Å²) in [6, 6.07) is 19.2. The van der Waals surface area contributed by atoms with Crippen molar-refractivity contribution in [3.05, 3.63) is 90.6 Å². The number of halogens is 1. The highest BCUT2D eigenvalue weighted by Gasteiger charge is 2.54. The van der Waals surface area contributed by atoms with Crippen molar-refractivity contribution in [3.8, 4) is 11.3 Å². The van der Waals surface area contributed by atoms with Crippen LogP contribution in [0.25, 0.3) is 16.8 Å². The zero-order chi connectivity index (χ0) is 24.7. The molecule has 0 unspecified atom stereocenters. The fourth-order valence-electron chi connectivity index (χ4n) is 4.98. The molecule has 1 amide bonds. The summed E-state index contributed by atoms with van der Waals surface area (Å²) < 4.78 is 40.4. The average molecular weight is 493 g/mol. The maximum Gasteiger partial charge on any atom is 0.233 e. The second-order valence-electron chi connectivity index (χ2n) is 9.26. The number of nitrogens with one attached hydrogen (secondary N) is 1. The van der Waals surface area contributed by atoms with Crippen LogP contribution >= 0.6 is 0 Å². The number of carbonyl (C=O) groups excluding carboxylic acids is 1. The van der Waals surface area contributed by atoms with Crippen LogP contribution in [0.1, 0.15) is 25.5 Å². The molecule has 1 aliphatic heterocycles. The number of fused-ring (bicyclic) bond motifs is 1. The Balaban J connectivity index is 1.60. The zero-order valence-electron chi connectivity index (χ0n) is 19.3. The molecule has 180 valence electrons. The minimum Gasteiger partial charge on any atom is -0.304 e. The molecule has 0 saturated carbocycles. The summed E-state index contributed by atoms with van der Waals surface area (Å²) in [5.41, 5.74) is 3.13. The van der Waals surface area contributed by atoms with Gasteiger partial charge in [0.2, 0.25) is 16.8 Å². The van der Waals surface area contributed by atoms with Crippen LogP contribution in [-0.4, -0.2) is 30.3 Å². The lowest BCUT2D eigenvalue weighted by Gasteiger charge is -2.29. The fraction of sp³-hybridized carbons (Fsp3) is 0.231. The van der Waals surface area contributed by atoms with Crippen LogP contribution in [0.4, 0.5) is 10.1 Å². The van der Waals surface area contributed by atoms with Crippen molar-refractivity contribution >= 4 is 28.0 Å². The Morgan fingerprint density at radius 3 is 2.43 bits per heavy atom. The third kappa shape index (κ3) is 4.11. The van der Waals surface area contributed by atoms with Crippen LogP contribution in [0.3, 0.4) is 0 Å². The first kappa shape index (κ1) is 23.2. The predicted molar refractivity (Wildman–Crippen MR) is 133 cm³/mol. The van der Waals surface area contributed by atoms with Gasteiger partial charge in [-0.1, -0.05) is 44.2 Å². The van der Waals surface area contributed by atoms with Crippen LogP contribution in [-0.2, 0) is 15.7 Å². The second-order valence-corrected chi connectivity index (χ2v) is 10.1. The molecule has 4 aromatic rings. The maximum atomic E-state index is 13.7. The minimum atomic E-state index is -2.79. The Kier molecular flexibility index (Phi) is 5.90. The van der Waals surface area contributed by atoms with E-state index in [0.29, 0.717) is 11.4 Å². The van der Waals surface area contributed by atoms with E-state index in [2.05, 4.69) is 9.71 Å². The van der Waals surface area contributed by atoms with Crippen molar-refractivity contribution in [1.82, 2.24) is 14.1 Å². The van der Waals surface area contributed by atoms with E-state index in [1.165, 1.54) is 12.1 Å². The standard InChI is InChI=1S/C26H25FN4O3S/c1-26(2)21(14-29-35(33)34)24(18-6-4-3-5-7-18)31(25(26)32)20-12-13-22-23(28-16-30(22)15-20)17-8-10-19(27)11-9-17/h3-13,15-16,21,24,35H,14H2,1-2H3,(H,29,33,34)/t21-,24-/m0/s1. The van der Waals surface area contributed by atoms with E-state index in [4.69, 9.17) is 0 Å². The number of hydrogen-bond donors (Lipinski definition) is 2.